The van der Waals surface area contributed by atoms with Gasteiger partial charge in [0.2, 0.25) is 0 Å². The highest BCUT2D eigenvalue weighted by Gasteiger charge is 2.49. The van der Waals surface area contributed by atoms with Gasteiger partial charge in [-0.15, -0.1) is 0 Å². The second-order valence-corrected chi connectivity index (χ2v) is 3.76. The maximum atomic E-state index is 12.6. The van der Waals surface area contributed by atoms with Crippen LogP contribution < -0.4 is 5.32 Å². The summed E-state index contributed by atoms with van der Waals surface area (Å²) in [5.74, 6) is 0. The van der Waals surface area contributed by atoms with Crippen LogP contribution in [-0.2, 0) is 11.3 Å². The molecule has 0 unspecified atom stereocenters. The van der Waals surface area contributed by atoms with E-state index in [-0.39, 0.29) is 13.2 Å². The Bertz CT molecular complexity index is 335. The summed E-state index contributed by atoms with van der Waals surface area (Å²) >= 11 is 0. The van der Waals surface area contributed by atoms with E-state index in [0.717, 1.165) is 5.56 Å². The van der Waals surface area contributed by atoms with Crippen molar-refractivity contribution < 1.29 is 17.9 Å². The van der Waals surface area contributed by atoms with Gasteiger partial charge >= 0.3 is 6.18 Å². The molecule has 2 nitrogen and oxygen atoms in total. The molecule has 1 aromatic rings. The fraction of sp³-hybridized carbons (Fsp3) is 0.455. The molecule has 0 aliphatic carbocycles. The van der Waals surface area contributed by atoms with Crippen LogP contribution in [-0.4, -0.2) is 24.9 Å². The van der Waals surface area contributed by atoms with E-state index in [0.29, 0.717) is 0 Å². The predicted molar refractivity (Wildman–Crippen MR) is 52.9 cm³/mol. The lowest BCUT2D eigenvalue weighted by Gasteiger charge is -2.19. The van der Waals surface area contributed by atoms with Crippen LogP contribution in [0.5, 0.6) is 0 Å². The van der Waals surface area contributed by atoms with Crippen molar-refractivity contribution in [2.45, 2.75) is 24.9 Å². The van der Waals surface area contributed by atoms with Crippen LogP contribution in [0.2, 0.25) is 0 Å². The van der Waals surface area contributed by atoms with E-state index in [2.05, 4.69) is 5.32 Å². The number of rotatable bonds is 4. The van der Waals surface area contributed by atoms with Crippen LogP contribution >= 0.6 is 0 Å². The second-order valence-electron chi connectivity index (χ2n) is 3.76. The first-order valence-electron chi connectivity index (χ1n) is 5.03. The molecule has 0 aromatic heterocycles. The van der Waals surface area contributed by atoms with Gasteiger partial charge in [-0.25, -0.2) is 0 Å². The van der Waals surface area contributed by atoms with E-state index in [4.69, 9.17) is 4.74 Å². The molecule has 1 aromatic carbocycles. The lowest BCUT2D eigenvalue weighted by Crippen LogP contribution is -2.46. The molecular weight excluding hydrogens is 219 g/mol. The third-order valence-corrected chi connectivity index (χ3v) is 2.45. The number of hydrogen-bond donors (Lipinski definition) is 1. The van der Waals surface area contributed by atoms with E-state index < -0.39 is 18.3 Å². The number of alkyl halides is 3. The Morgan fingerprint density at radius 3 is 2.44 bits per heavy atom. The summed E-state index contributed by atoms with van der Waals surface area (Å²) in [6, 6.07) is 7.44. The van der Waals surface area contributed by atoms with Gasteiger partial charge in [-0.1, -0.05) is 30.3 Å². The molecule has 0 radical (unpaired) electrons. The Morgan fingerprint density at radius 1 is 1.31 bits per heavy atom. The van der Waals surface area contributed by atoms with Gasteiger partial charge in [0.05, 0.1) is 6.61 Å². The van der Waals surface area contributed by atoms with E-state index in [1.807, 2.05) is 6.07 Å². The minimum Gasteiger partial charge on any atom is -0.371 e. The average molecular weight is 231 g/mol. The third kappa shape index (κ3) is 2.96. The normalized spacial score (nSPS) is 21.8. The predicted octanol–water partition coefficient (Wildman–Crippen LogP) is 2.11. The van der Waals surface area contributed by atoms with Crippen molar-refractivity contribution in [3.63, 3.8) is 0 Å². The Kier molecular flexibility index (Phi) is 3.16. The molecule has 1 fully saturated rings. The largest absolute Gasteiger partial charge is 0.406 e. The Hall–Kier alpha value is -1.07. The molecule has 88 valence electrons. The van der Waals surface area contributed by atoms with Crippen LogP contribution in [0.25, 0.3) is 0 Å². The minimum absolute atomic E-state index is 0.186. The van der Waals surface area contributed by atoms with E-state index in [1.54, 1.807) is 24.3 Å². The van der Waals surface area contributed by atoms with E-state index in [9.17, 15) is 13.2 Å². The molecule has 5 heteroatoms. The molecule has 0 bridgehead atoms. The Labute approximate surface area is 91.4 Å². The molecule has 1 aliphatic heterocycles. The molecule has 0 spiro atoms. The van der Waals surface area contributed by atoms with Crippen molar-refractivity contribution in [3.05, 3.63) is 35.9 Å². The molecule has 1 heterocycles. The fourth-order valence-corrected chi connectivity index (χ4v) is 1.53. The maximum absolute atomic E-state index is 12.6. The van der Waals surface area contributed by atoms with Crippen LogP contribution in [0.1, 0.15) is 5.56 Å². The van der Waals surface area contributed by atoms with Crippen LogP contribution in [0.4, 0.5) is 13.2 Å². The number of ether oxygens (including phenoxy) is 1. The zero-order valence-electron chi connectivity index (χ0n) is 8.50. The molecule has 2 atom stereocenters. The number of nitrogens with one attached hydrogen (secondary N) is 1. The van der Waals surface area contributed by atoms with Gasteiger partial charge in [-0.05, 0) is 5.56 Å². The average Bonchev–Trinajstić information content (AvgIpc) is 3.02. The summed E-state index contributed by atoms with van der Waals surface area (Å²) < 4.78 is 42.4. The Balaban J connectivity index is 1.92. The number of epoxide rings is 1. The smallest absolute Gasteiger partial charge is 0.371 e. The summed E-state index contributed by atoms with van der Waals surface area (Å²) in [5.41, 5.74) is 0.831. The summed E-state index contributed by atoms with van der Waals surface area (Å²) in [4.78, 5) is 0. The molecule has 0 saturated carbocycles. The molecule has 1 N–H and O–H groups in total. The summed E-state index contributed by atoms with van der Waals surface area (Å²) in [7, 11) is 0. The minimum atomic E-state index is -4.25. The van der Waals surface area contributed by atoms with Gasteiger partial charge in [-0.2, -0.15) is 13.2 Å². The van der Waals surface area contributed by atoms with Crippen molar-refractivity contribution in [3.8, 4) is 0 Å². The first-order chi connectivity index (χ1) is 7.57. The summed E-state index contributed by atoms with van der Waals surface area (Å²) in [6.07, 6.45) is -4.97. The zero-order chi connectivity index (χ0) is 11.6. The summed E-state index contributed by atoms with van der Waals surface area (Å²) in [6.45, 7) is 0.386. The molecular formula is C11H12F3NO. The number of hydrogen-bond acceptors (Lipinski definition) is 2. The van der Waals surface area contributed by atoms with Gasteiger partial charge in [0.15, 0.2) is 0 Å². The molecule has 1 saturated heterocycles. The van der Waals surface area contributed by atoms with Gasteiger partial charge in [0.1, 0.15) is 12.1 Å². The highest BCUT2D eigenvalue weighted by Crippen LogP contribution is 2.29. The van der Waals surface area contributed by atoms with Crippen LogP contribution in [0, 0.1) is 0 Å². The van der Waals surface area contributed by atoms with Gasteiger partial charge < -0.3 is 4.74 Å². The van der Waals surface area contributed by atoms with Crippen molar-refractivity contribution in [2.24, 2.45) is 0 Å². The number of benzene rings is 1. The second kappa shape index (κ2) is 4.43. The lowest BCUT2D eigenvalue weighted by atomic mass is 10.1. The van der Waals surface area contributed by atoms with Gasteiger partial charge in [0.25, 0.3) is 0 Å². The van der Waals surface area contributed by atoms with Gasteiger partial charge in [-0.3, -0.25) is 5.32 Å². The SMILES string of the molecule is FC(F)(F)[C@H](NCc1ccccc1)[C@@H]1CO1. The molecule has 0 amide bonds. The van der Waals surface area contributed by atoms with Crippen LogP contribution in [0.3, 0.4) is 0 Å². The van der Waals surface area contributed by atoms with Gasteiger partial charge in [0, 0.05) is 6.54 Å². The lowest BCUT2D eigenvalue weighted by molar-refractivity contribution is -0.160. The summed E-state index contributed by atoms with van der Waals surface area (Å²) in [5, 5.41) is 2.49. The number of halogens is 3. The molecule has 16 heavy (non-hydrogen) atoms. The molecule has 2 rings (SSSR count). The van der Waals surface area contributed by atoms with Crippen LogP contribution in [0.15, 0.2) is 30.3 Å². The highest BCUT2D eigenvalue weighted by atomic mass is 19.4. The zero-order valence-corrected chi connectivity index (χ0v) is 8.50. The van der Waals surface area contributed by atoms with Crippen molar-refractivity contribution in [1.29, 1.82) is 0 Å². The molecule has 1 aliphatic rings. The maximum Gasteiger partial charge on any atom is 0.406 e. The fourth-order valence-electron chi connectivity index (χ4n) is 1.53. The first kappa shape index (κ1) is 11.4. The van der Waals surface area contributed by atoms with Crippen molar-refractivity contribution >= 4 is 0 Å². The monoisotopic (exact) mass is 231 g/mol. The topological polar surface area (TPSA) is 24.6 Å². The van der Waals surface area contributed by atoms with E-state index in [1.165, 1.54) is 0 Å². The van der Waals surface area contributed by atoms with Crippen molar-refractivity contribution in [1.82, 2.24) is 5.32 Å². The standard InChI is InChI=1S/C11H12F3NO/c12-11(13,14)10(9-7-16-9)15-6-8-4-2-1-3-5-8/h1-5,9-10,15H,6-7H2/t9-,10+/m0/s1. The third-order valence-electron chi connectivity index (χ3n) is 2.45. The van der Waals surface area contributed by atoms with Crippen molar-refractivity contribution in [2.75, 3.05) is 6.61 Å². The Morgan fingerprint density at radius 2 is 1.94 bits per heavy atom. The first-order valence-corrected chi connectivity index (χ1v) is 5.03. The highest BCUT2D eigenvalue weighted by molar-refractivity contribution is 5.14. The van der Waals surface area contributed by atoms with E-state index >= 15 is 0 Å². The quantitative estimate of drug-likeness (QED) is 0.802.